The molecule has 31 valence electrons. The zero-order chi connectivity index (χ0) is 4.41. The molecule has 0 fully saturated rings. The van der Waals surface area contributed by atoms with Crippen LogP contribution in [-0.4, -0.2) is 5.11 Å². The van der Waals surface area contributed by atoms with Gasteiger partial charge in [0.05, 0.1) is 0 Å². The van der Waals surface area contributed by atoms with Crippen LogP contribution in [0.3, 0.4) is 0 Å². The molecule has 0 saturated carbocycles. The Kier molecular flexibility index (Phi) is 0.801. The normalized spacial score (nSPS) is 8.67. The van der Waals surface area contributed by atoms with Gasteiger partial charge in [-0.25, -0.2) is 0 Å². The largest absolute Gasteiger partial charge is 0.499 e. The van der Waals surface area contributed by atoms with Crippen molar-refractivity contribution in [3.63, 3.8) is 0 Å². The molecule has 6 heavy (non-hydrogen) atoms. The molecule has 1 N–H and O–H groups in total. The lowest BCUT2D eigenvalue weighted by Gasteiger charge is -1.67. The van der Waals surface area contributed by atoms with Crippen molar-refractivity contribution >= 4 is 11.3 Å². The number of rotatable bonds is 0. The van der Waals surface area contributed by atoms with Crippen molar-refractivity contribution < 1.29 is 5.11 Å². The van der Waals surface area contributed by atoms with Crippen molar-refractivity contribution in [2.24, 2.45) is 0 Å². The lowest BCUT2D eigenvalue weighted by atomic mass is 10.7. The minimum absolute atomic E-state index is 0.329. The van der Waals surface area contributed by atoms with Gasteiger partial charge >= 0.3 is 0 Å². The molecule has 0 aliphatic carbocycles. The Morgan fingerprint density at radius 3 is 2.83 bits per heavy atom. The van der Waals surface area contributed by atoms with Crippen molar-refractivity contribution in [1.82, 2.24) is 0 Å². The van der Waals surface area contributed by atoms with Crippen molar-refractivity contribution in [2.75, 3.05) is 0 Å². The average molecular weight is 99.1 g/mol. The predicted octanol–water partition coefficient (Wildman–Crippen LogP) is 1.25. The van der Waals surface area contributed by atoms with Gasteiger partial charge in [-0.1, -0.05) is 11.3 Å². The van der Waals surface area contributed by atoms with Crippen LogP contribution in [0.15, 0.2) is 12.1 Å². The smallest absolute Gasteiger partial charge is 0.171 e. The lowest BCUT2D eigenvalue weighted by molar-refractivity contribution is 0.491. The summed E-state index contributed by atoms with van der Waals surface area (Å²) in [5.41, 5.74) is 0. The summed E-state index contributed by atoms with van der Waals surface area (Å²) >= 11 is 1.21. The second kappa shape index (κ2) is 1.30. The minimum atomic E-state index is 0.329. The molecule has 0 unspecified atom stereocenters. The number of thiophene rings is 1. The first kappa shape index (κ1) is 3.68. The Bertz CT molecular complexity index is 111. The van der Waals surface area contributed by atoms with Crippen LogP contribution in [0, 0.1) is 5.38 Å². The van der Waals surface area contributed by atoms with Gasteiger partial charge in [0.2, 0.25) is 0 Å². The summed E-state index contributed by atoms with van der Waals surface area (Å²) in [6.07, 6.45) is 0. The molecule has 0 aliphatic heterocycles. The van der Waals surface area contributed by atoms with Crippen LogP contribution in [0.2, 0.25) is 0 Å². The molecular weight excluding hydrogens is 96.1 g/mol. The summed E-state index contributed by atoms with van der Waals surface area (Å²) in [7, 11) is 0. The van der Waals surface area contributed by atoms with E-state index in [9.17, 15) is 0 Å². The van der Waals surface area contributed by atoms with E-state index in [4.69, 9.17) is 5.11 Å². The number of hydrogen-bond acceptors (Lipinski definition) is 2. The molecule has 0 spiro atoms. The summed E-state index contributed by atoms with van der Waals surface area (Å²) in [4.78, 5) is 0. The van der Waals surface area contributed by atoms with Crippen molar-refractivity contribution in [2.45, 2.75) is 0 Å². The van der Waals surface area contributed by atoms with Crippen LogP contribution in [0.1, 0.15) is 0 Å². The predicted molar refractivity (Wildman–Crippen MR) is 24.8 cm³/mol. The van der Waals surface area contributed by atoms with Gasteiger partial charge in [-0.3, -0.25) is 0 Å². The highest BCUT2D eigenvalue weighted by molar-refractivity contribution is 7.11. The van der Waals surface area contributed by atoms with Gasteiger partial charge in [0, 0.05) is 5.38 Å². The molecule has 1 rings (SSSR count). The number of aromatic hydroxyl groups is 1. The molecule has 0 aromatic carbocycles. The van der Waals surface area contributed by atoms with Crippen LogP contribution in [0.25, 0.3) is 0 Å². The molecule has 2 heteroatoms. The SMILES string of the molecule is Oc1cc[c]s1. The third-order valence-corrected chi connectivity index (χ3v) is 1.06. The Balaban J connectivity index is 3.05. The zero-order valence-electron chi connectivity index (χ0n) is 3.01. The maximum absolute atomic E-state index is 8.46. The fourth-order valence-corrected chi connectivity index (χ4v) is 0.627. The molecule has 0 bridgehead atoms. The Labute approximate surface area is 39.9 Å². The van der Waals surface area contributed by atoms with E-state index < -0.39 is 0 Å². The van der Waals surface area contributed by atoms with Gasteiger partial charge in [0.15, 0.2) is 5.06 Å². The summed E-state index contributed by atoms with van der Waals surface area (Å²) in [6.45, 7) is 0. The quantitative estimate of drug-likeness (QED) is 0.519. The van der Waals surface area contributed by atoms with Gasteiger partial charge in [0.25, 0.3) is 0 Å². The second-order valence-corrected chi connectivity index (χ2v) is 1.75. The van der Waals surface area contributed by atoms with E-state index in [0.717, 1.165) is 0 Å². The lowest BCUT2D eigenvalue weighted by Crippen LogP contribution is -1.35. The first-order valence-electron chi connectivity index (χ1n) is 1.54. The molecule has 0 aliphatic rings. The maximum Gasteiger partial charge on any atom is 0.171 e. The Morgan fingerprint density at radius 1 is 1.83 bits per heavy atom. The van der Waals surface area contributed by atoms with Crippen LogP contribution in [0.5, 0.6) is 5.06 Å². The topological polar surface area (TPSA) is 20.2 Å². The fourth-order valence-electron chi connectivity index (χ4n) is 0.234. The number of hydrogen-bond donors (Lipinski definition) is 1. The highest BCUT2D eigenvalue weighted by Crippen LogP contribution is 2.13. The molecule has 0 atom stereocenters. The first-order valence-corrected chi connectivity index (χ1v) is 2.36. The minimum Gasteiger partial charge on any atom is -0.499 e. The molecule has 0 saturated heterocycles. The van der Waals surface area contributed by atoms with E-state index in [-0.39, 0.29) is 0 Å². The Hall–Kier alpha value is -0.500. The summed E-state index contributed by atoms with van der Waals surface area (Å²) in [5, 5.41) is 11.5. The van der Waals surface area contributed by atoms with Gasteiger partial charge in [0.1, 0.15) is 0 Å². The van der Waals surface area contributed by atoms with E-state index in [1.54, 1.807) is 12.1 Å². The van der Waals surface area contributed by atoms with Crippen molar-refractivity contribution in [3.8, 4) is 5.06 Å². The monoisotopic (exact) mass is 99.0 g/mol. The van der Waals surface area contributed by atoms with Crippen molar-refractivity contribution in [1.29, 1.82) is 0 Å². The average Bonchev–Trinajstić information content (AvgIpc) is 1.86. The van der Waals surface area contributed by atoms with Gasteiger partial charge in [-0.2, -0.15) is 0 Å². The van der Waals surface area contributed by atoms with E-state index in [0.29, 0.717) is 5.06 Å². The highest BCUT2D eigenvalue weighted by atomic mass is 32.1. The van der Waals surface area contributed by atoms with E-state index in [1.807, 2.05) is 0 Å². The molecule has 1 nitrogen and oxygen atoms in total. The maximum atomic E-state index is 8.46. The third-order valence-electron chi connectivity index (χ3n) is 0.457. The van der Waals surface area contributed by atoms with E-state index in [2.05, 4.69) is 5.38 Å². The van der Waals surface area contributed by atoms with Crippen LogP contribution in [0.4, 0.5) is 0 Å². The van der Waals surface area contributed by atoms with E-state index in [1.165, 1.54) is 11.3 Å². The zero-order valence-corrected chi connectivity index (χ0v) is 3.83. The molecular formula is C4H3OS. The molecule has 1 heterocycles. The van der Waals surface area contributed by atoms with Gasteiger partial charge in [-0.05, 0) is 12.1 Å². The van der Waals surface area contributed by atoms with Gasteiger partial charge < -0.3 is 5.11 Å². The Morgan fingerprint density at radius 2 is 2.67 bits per heavy atom. The fraction of sp³-hybridized carbons (Fsp3) is 0. The highest BCUT2D eigenvalue weighted by Gasteiger charge is 1.78. The van der Waals surface area contributed by atoms with E-state index >= 15 is 0 Å². The summed E-state index contributed by atoms with van der Waals surface area (Å²) in [6, 6.07) is 3.28. The summed E-state index contributed by atoms with van der Waals surface area (Å²) in [5.74, 6) is 0. The van der Waals surface area contributed by atoms with Crippen molar-refractivity contribution in [3.05, 3.63) is 17.5 Å². The standard InChI is InChI=1S/C4H3OS/c5-4-2-1-3-6-4/h1-2,5H. The molecule has 1 aromatic rings. The molecule has 1 radical (unpaired) electrons. The van der Waals surface area contributed by atoms with Crippen LogP contribution in [-0.2, 0) is 0 Å². The van der Waals surface area contributed by atoms with Gasteiger partial charge in [-0.15, -0.1) is 0 Å². The third kappa shape index (κ3) is 0.518. The molecule has 0 amide bonds. The van der Waals surface area contributed by atoms with Crippen LogP contribution < -0.4 is 0 Å². The molecule has 1 aromatic heterocycles. The second-order valence-electron chi connectivity index (χ2n) is 0.891. The summed E-state index contributed by atoms with van der Waals surface area (Å²) < 4.78 is 0. The van der Waals surface area contributed by atoms with Crippen LogP contribution >= 0.6 is 11.3 Å². The first-order chi connectivity index (χ1) is 2.89.